The number of aliphatic hydroxyl groups is 1. The summed E-state index contributed by atoms with van der Waals surface area (Å²) >= 11 is 0. The number of carbonyl (C=O) groups is 1. The van der Waals surface area contributed by atoms with Gasteiger partial charge in [0.1, 0.15) is 6.61 Å². The normalized spacial score (nSPS) is 9.50. The molecule has 0 fully saturated rings. The zero-order valence-electron chi connectivity index (χ0n) is 7.12. The van der Waals surface area contributed by atoms with Gasteiger partial charge in [0.2, 0.25) is 0 Å². The second-order valence-corrected chi connectivity index (χ2v) is 2.02. The maximum absolute atomic E-state index is 10.6. The number of aliphatic hydroxyl groups excluding tert-OH is 1. The Kier molecular flexibility index (Phi) is 7.73. The van der Waals surface area contributed by atoms with Gasteiger partial charge in [-0.15, -0.1) is 0 Å². The van der Waals surface area contributed by atoms with Crippen LogP contribution in [0.15, 0.2) is 0 Å². The van der Waals surface area contributed by atoms with Gasteiger partial charge in [-0.25, -0.2) is 4.79 Å². The van der Waals surface area contributed by atoms with Gasteiger partial charge in [0, 0.05) is 20.1 Å². The van der Waals surface area contributed by atoms with Gasteiger partial charge >= 0.3 is 6.16 Å². The lowest BCUT2D eigenvalue weighted by atomic mass is 10.5. The molecule has 5 heteroatoms. The molecule has 0 aromatic rings. The molecule has 0 aromatic heterocycles. The average molecular weight is 178 g/mol. The van der Waals surface area contributed by atoms with Crippen LogP contribution < -0.4 is 0 Å². The first-order chi connectivity index (χ1) is 5.81. The fourth-order valence-corrected chi connectivity index (χ4v) is 0.470. The Labute approximate surface area is 71.2 Å². The van der Waals surface area contributed by atoms with Crippen molar-refractivity contribution in [3.8, 4) is 0 Å². The van der Waals surface area contributed by atoms with E-state index >= 15 is 0 Å². The smallest absolute Gasteiger partial charge is 0.434 e. The van der Waals surface area contributed by atoms with Crippen LogP contribution in [0.2, 0.25) is 0 Å². The van der Waals surface area contributed by atoms with E-state index in [0.717, 1.165) is 0 Å². The van der Waals surface area contributed by atoms with Crippen LogP contribution in [0.4, 0.5) is 4.79 Å². The van der Waals surface area contributed by atoms with Crippen LogP contribution in [-0.2, 0) is 14.2 Å². The quantitative estimate of drug-likeness (QED) is 0.464. The Morgan fingerprint density at radius 3 is 2.50 bits per heavy atom. The van der Waals surface area contributed by atoms with Crippen molar-refractivity contribution in [2.45, 2.75) is 6.42 Å². The highest BCUT2D eigenvalue weighted by Crippen LogP contribution is 1.87. The number of methoxy groups -OCH3 is 1. The van der Waals surface area contributed by atoms with E-state index < -0.39 is 6.16 Å². The molecule has 0 aliphatic carbocycles. The standard InChI is InChI=1S/C7H14O5/c1-10-5-6-12-7(9)11-4-2-3-8/h8H,2-6H2,1H3. The molecule has 1 N–H and O–H groups in total. The fourth-order valence-electron chi connectivity index (χ4n) is 0.470. The molecule has 0 saturated heterocycles. The third-order valence-electron chi connectivity index (χ3n) is 1.03. The molecular weight excluding hydrogens is 164 g/mol. The summed E-state index contributed by atoms with van der Waals surface area (Å²) in [6, 6.07) is 0. The number of hydrogen-bond acceptors (Lipinski definition) is 5. The number of rotatable bonds is 6. The van der Waals surface area contributed by atoms with Gasteiger partial charge in [-0.2, -0.15) is 0 Å². The Morgan fingerprint density at radius 1 is 1.25 bits per heavy atom. The zero-order valence-corrected chi connectivity index (χ0v) is 7.12. The van der Waals surface area contributed by atoms with Crippen molar-refractivity contribution in [3.63, 3.8) is 0 Å². The van der Waals surface area contributed by atoms with Crippen LogP contribution in [0.5, 0.6) is 0 Å². The van der Waals surface area contributed by atoms with E-state index in [1.807, 2.05) is 0 Å². The molecule has 5 nitrogen and oxygen atoms in total. The molecule has 0 spiro atoms. The molecule has 0 amide bonds. The molecule has 0 unspecified atom stereocenters. The lowest BCUT2D eigenvalue weighted by Crippen LogP contribution is -2.12. The van der Waals surface area contributed by atoms with Gasteiger partial charge in [-0.1, -0.05) is 0 Å². The topological polar surface area (TPSA) is 65.0 Å². The van der Waals surface area contributed by atoms with Crippen LogP contribution in [-0.4, -0.2) is 44.8 Å². The summed E-state index contributed by atoms with van der Waals surface area (Å²) in [4.78, 5) is 10.6. The SMILES string of the molecule is COCCOC(=O)OCCCO. The molecule has 0 aromatic carbocycles. The van der Waals surface area contributed by atoms with Crippen molar-refractivity contribution in [3.05, 3.63) is 0 Å². The molecular formula is C7H14O5. The summed E-state index contributed by atoms with van der Waals surface area (Å²) in [7, 11) is 1.51. The fraction of sp³-hybridized carbons (Fsp3) is 0.857. The lowest BCUT2D eigenvalue weighted by Gasteiger charge is -2.04. The summed E-state index contributed by atoms with van der Waals surface area (Å²) in [6.07, 6.45) is -0.292. The van der Waals surface area contributed by atoms with Gasteiger partial charge < -0.3 is 19.3 Å². The van der Waals surface area contributed by atoms with Gasteiger partial charge in [-0.3, -0.25) is 0 Å². The summed E-state index contributed by atoms with van der Waals surface area (Å²) in [5.41, 5.74) is 0. The van der Waals surface area contributed by atoms with Crippen molar-refractivity contribution in [1.29, 1.82) is 0 Å². The van der Waals surface area contributed by atoms with Crippen molar-refractivity contribution in [2.75, 3.05) is 33.5 Å². The molecule has 0 rings (SSSR count). The highest BCUT2D eigenvalue weighted by molar-refractivity contribution is 5.59. The van der Waals surface area contributed by atoms with Crippen LogP contribution >= 0.6 is 0 Å². The van der Waals surface area contributed by atoms with E-state index in [9.17, 15) is 4.79 Å². The predicted octanol–water partition coefficient (Wildman–Crippen LogP) is 0.168. The monoisotopic (exact) mass is 178 g/mol. The van der Waals surface area contributed by atoms with E-state index in [-0.39, 0.29) is 19.8 Å². The molecule has 0 aliphatic heterocycles. The van der Waals surface area contributed by atoms with Crippen molar-refractivity contribution >= 4 is 6.16 Å². The van der Waals surface area contributed by atoms with Crippen molar-refractivity contribution in [2.24, 2.45) is 0 Å². The molecule has 0 atom stereocenters. The number of hydrogen-bond donors (Lipinski definition) is 1. The van der Waals surface area contributed by atoms with Crippen LogP contribution in [0.1, 0.15) is 6.42 Å². The third-order valence-corrected chi connectivity index (χ3v) is 1.03. The van der Waals surface area contributed by atoms with E-state index in [2.05, 4.69) is 14.2 Å². The summed E-state index contributed by atoms with van der Waals surface area (Å²) in [5.74, 6) is 0. The molecule has 0 saturated carbocycles. The first-order valence-electron chi connectivity index (χ1n) is 3.70. The minimum atomic E-state index is -0.722. The maximum Gasteiger partial charge on any atom is 0.508 e. The predicted molar refractivity (Wildman–Crippen MR) is 40.9 cm³/mol. The van der Waals surface area contributed by atoms with E-state index in [0.29, 0.717) is 13.0 Å². The van der Waals surface area contributed by atoms with Gasteiger partial charge in [0.15, 0.2) is 0 Å². The summed E-state index contributed by atoms with van der Waals surface area (Å²) in [6.45, 7) is 0.733. The maximum atomic E-state index is 10.6. The van der Waals surface area contributed by atoms with Crippen molar-refractivity contribution < 1.29 is 24.1 Å². The molecule has 0 radical (unpaired) electrons. The van der Waals surface area contributed by atoms with E-state index in [1.54, 1.807) is 0 Å². The first-order valence-corrected chi connectivity index (χ1v) is 3.70. The van der Waals surface area contributed by atoms with Crippen molar-refractivity contribution in [1.82, 2.24) is 0 Å². The van der Waals surface area contributed by atoms with Crippen LogP contribution in [0.3, 0.4) is 0 Å². The second kappa shape index (κ2) is 8.29. The molecule has 0 aliphatic rings. The average Bonchev–Trinajstić information content (AvgIpc) is 2.06. The third kappa shape index (κ3) is 7.30. The highest BCUT2D eigenvalue weighted by atomic mass is 16.7. The summed E-state index contributed by atoms with van der Waals surface area (Å²) < 4.78 is 13.8. The molecule has 12 heavy (non-hydrogen) atoms. The van der Waals surface area contributed by atoms with E-state index in [4.69, 9.17) is 5.11 Å². The first kappa shape index (κ1) is 11.2. The van der Waals surface area contributed by atoms with E-state index in [1.165, 1.54) is 7.11 Å². The Balaban J connectivity index is 3.10. The van der Waals surface area contributed by atoms with Crippen LogP contribution in [0.25, 0.3) is 0 Å². The van der Waals surface area contributed by atoms with Crippen LogP contribution in [0, 0.1) is 0 Å². The molecule has 72 valence electrons. The Hall–Kier alpha value is -0.810. The second-order valence-electron chi connectivity index (χ2n) is 2.02. The minimum absolute atomic E-state index is 0.00531. The highest BCUT2D eigenvalue weighted by Gasteiger charge is 2.01. The molecule has 0 heterocycles. The number of carbonyl (C=O) groups excluding carboxylic acids is 1. The van der Waals surface area contributed by atoms with Gasteiger partial charge in [0.05, 0.1) is 13.2 Å². The largest absolute Gasteiger partial charge is 0.508 e. The summed E-state index contributed by atoms with van der Waals surface area (Å²) in [5, 5.41) is 8.34. The Morgan fingerprint density at radius 2 is 1.92 bits per heavy atom. The van der Waals surface area contributed by atoms with Gasteiger partial charge in [-0.05, 0) is 0 Å². The lowest BCUT2D eigenvalue weighted by molar-refractivity contribution is 0.0338. The minimum Gasteiger partial charge on any atom is -0.434 e. The Bertz CT molecular complexity index is 102. The molecule has 0 bridgehead atoms. The number of ether oxygens (including phenoxy) is 3. The zero-order chi connectivity index (χ0) is 9.23. The van der Waals surface area contributed by atoms with Gasteiger partial charge in [0.25, 0.3) is 0 Å².